The first-order valence-electron chi connectivity index (χ1n) is 10.5. The van der Waals surface area contributed by atoms with Gasteiger partial charge in [0.1, 0.15) is 23.9 Å². The van der Waals surface area contributed by atoms with Gasteiger partial charge in [0, 0.05) is 17.6 Å². The molecule has 0 aliphatic rings. The third-order valence-corrected chi connectivity index (χ3v) is 5.71. The molecule has 194 valence electrons. The minimum atomic E-state index is -5.04. The Morgan fingerprint density at radius 1 is 0.919 bits per heavy atom. The summed E-state index contributed by atoms with van der Waals surface area (Å²) in [6.07, 6.45) is -9.81. The van der Waals surface area contributed by atoms with E-state index in [-0.39, 0.29) is 34.7 Å². The van der Waals surface area contributed by atoms with E-state index in [0.717, 1.165) is 10.7 Å². The van der Waals surface area contributed by atoms with Gasteiger partial charge in [-0.1, -0.05) is 29.8 Å². The van der Waals surface area contributed by atoms with Crippen molar-refractivity contribution in [1.82, 2.24) is 9.78 Å². The molecule has 0 atom stereocenters. The van der Waals surface area contributed by atoms with Crippen LogP contribution in [-0.4, -0.2) is 14.9 Å². The molecule has 12 heteroatoms. The highest BCUT2D eigenvalue weighted by Gasteiger charge is 2.36. The van der Waals surface area contributed by atoms with Crippen molar-refractivity contribution in [3.05, 3.63) is 88.3 Å². The Bertz CT molecular complexity index is 1450. The number of aromatic hydroxyl groups is 1. The smallest absolute Gasteiger partial charge is 0.435 e. The van der Waals surface area contributed by atoms with Gasteiger partial charge in [-0.2, -0.15) is 31.4 Å². The summed E-state index contributed by atoms with van der Waals surface area (Å²) in [6, 6.07) is 11.8. The lowest BCUT2D eigenvalue weighted by Gasteiger charge is -2.18. The van der Waals surface area contributed by atoms with Crippen LogP contribution in [0.1, 0.15) is 16.8 Å². The van der Waals surface area contributed by atoms with Gasteiger partial charge in [-0.05, 0) is 53.6 Å². The minimum absolute atomic E-state index is 0.0831. The van der Waals surface area contributed by atoms with E-state index in [0.29, 0.717) is 28.8 Å². The second-order valence-electron chi connectivity index (χ2n) is 7.98. The van der Waals surface area contributed by atoms with Crippen molar-refractivity contribution < 1.29 is 40.6 Å². The molecule has 0 saturated heterocycles. The topological polar surface area (TPSA) is 47.3 Å². The van der Waals surface area contributed by atoms with Gasteiger partial charge in [-0.3, -0.25) is 4.68 Å². The second kappa shape index (κ2) is 9.62. The number of alkyl halides is 6. The second-order valence-corrected chi connectivity index (χ2v) is 8.42. The lowest BCUT2D eigenvalue weighted by molar-refractivity contribution is -0.141. The van der Waals surface area contributed by atoms with Gasteiger partial charge in [-0.15, -0.1) is 0 Å². The normalized spacial score (nSPS) is 12.1. The largest absolute Gasteiger partial charge is 0.506 e. The molecular formula is C25H16ClF7N2O2. The molecular weight excluding hydrogens is 529 g/mol. The van der Waals surface area contributed by atoms with Crippen molar-refractivity contribution in [2.75, 3.05) is 0 Å². The zero-order valence-electron chi connectivity index (χ0n) is 18.8. The van der Waals surface area contributed by atoms with Crippen molar-refractivity contribution in [3.8, 4) is 33.9 Å². The van der Waals surface area contributed by atoms with E-state index in [4.69, 9.17) is 16.3 Å². The fourth-order valence-corrected chi connectivity index (χ4v) is 3.80. The maximum atomic E-state index is 14.0. The maximum absolute atomic E-state index is 14.0. The highest BCUT2D eigenvalue weighted by Crippen LogP contribution is 2.46. The summed E-state index contributed by atoms with van der Waals surface area (Å²) < 4.78 is 100. The maximum Gasteiger partial charge on any atom is 0.435 e. The molecule has 0 saturated carbocycles. The minimum Gasteiger partial charge on any atom is -0.506 e. The Morgan fingerprint density at radius 2 is 1.59 bits per heavy atom. The van der Waals surface area contributed by atoms with Gasteiger partial charge in [0.15, 0.2) is 5.69 Å². The van der Waals surface area contributed by atoms with Crippen LogP contribution in [0.2, 0.25) is 5.02 Å². The molecule has 37 heavy (non-hydrogen) atoms. The van der Waals surface area contributed by atoms with E-state index < -0.39 is 35.2 Å². The van der Waals surface area contributed by atoms with Crippen LogP contribution >= 0.6 is 11.6 Å². The fourth-order valence-electron chi connectivity index (χ4n) is 3.68. The van der Waals surface area contributed by atoms with Crippen LogP contribution in [-0.2, 0) is 26.0 Å². The molecule has 3 aromatic carbocycles. The summed E-state index contributed by atoms with van der Waals surface area (Å²) in [7, 11) is 1.22. The molecule has 4 nitrogen and oxygen atoms in total. The lowest BCUT2D eigenvalue weighted by Crippen LogP contribution is -2.08. The number of rotatable bonds is 5. The Kier molecular flexibility index (Phi) is 6.85. The monoisotopic (exact) mass is 544 g/mol. The molecule has 4 aromatic rings. The number of benzene rings is 3. The number of phenols is 1. The molecule has 0 amide bonds. The number of halogens is 8. The summed E-state index contributed by atoms with van der Waals surface area (Å²) in [5.41, 5.74) is -3.03. The van der Waals surface area contributed by atoms with Crippen LogP contribution < -0.4 is 4.74 Å². The van der Waals surface area contributed by atoms with Crippen LogP contribution in [0.4, 0.5) is 30.7 Å². The lowest BCUT2D eigenvalue weighted by atomic mass is 9.96. The molecule has 1 N–H and O–H groups in total. The highest BCUT2D eigenvalue weighted by atomic mass is 35.5. The Labute approximate surface area is 210 Å². The van der Waals surface area contributed by atoms with Gasteiger partial charge >= 0.3 is 12.4 Å². The number of hydrogen-bond acceptors (Lipinski definition) is 3. The predicted molar refractivity (Wildman–Crippen MR) is 121 cm³/mol. The Balaban J connectivity index is 1.87. The average molecular weight is 545 g/mol. The molecule has 4 rings (SSSR count). The molecule has 1 aromatic heterocycles. The summed E-state index contributed by atoms with van der Waals surface area (Å²) in [5, 5.41) is 15.0. The number of phenolic OH excluding ortho intramolecular Hbond substituents is 1. The fraction of sp³-hybridized carbons (Fsp3) is 0.160. The Hall–Kier alpha value is -3.73. The molecule has 0 spiro atoms. The first-order valence-corrected chi connectivity index (χ1v) is 10.9. The summed E-state index contributed by atoms with van der Waals surface area (Å²) in [4.78, 5) is 0. The van der Waals surface area contributed by atoms with Crippen LogP contribution in [0.3, 0.4) is 0 Å². The molecule has 0 radical (unpaired) electrons. The zero-order valence-corrected chi connectivity index (χ0v) is 19.5. The molecule has 1 heterocycles. The van der Waals surface area contributed by atoms with Crippen molar-refractivity contribution in [2.24, 2.45) is 7.05 Å². The third kappa shape index (κ3) is 5.51. The van der Waals surface area contributed by atoms with Crippen molar-refractivity contribution in [2.45, 2.75) is 19.0 Å². The molecule has 0 unspecified atom stereocenters. The van der Waals surface area contributed by atoms with Gasteiger partial charge in [0.05, 0.1) is 16.8 Å². The van der Waals surface area contributed by atoms with Crippen LogP contribution in [0.15, 0.2) is 60.7 Å². The number of nitrogens with zero attached hydrogens (tertiary/aromatic N) is 2. The summed E-state index contributed by atoms with van der Waals surface area (Å²) >= 11 is 5.86. The van der Waals surface area contributed by atoms with Crippen LogP contribution in [0.5, 0.6) is 11.5 Å². The number of aryl methyl sites for hydroxylation is 1. The van der Waals surface area contributed by atoms with E-state index in [2.05, 4.69) is 5.10 Å². The summed E-state index contributed by atoms with van der Waals surface area (Å²) in [6.45, 7) is -0.0831. The van der Waals surface area contributed by atoms with Crippen LogP contribution in [0, 0.1) is 5.82 Å². The number of ether oxygens (including phenoxy) is 1. The molecule has 0 aliphatic carbocycles. The average Bonchev–Trinajstić information content (AvgIpc) is 3.20. The van der Waals surface area contributed by atoms with Crippen molar-refractivity contribution >= 4 is 11.6 Å². The standard InChI is InChI=1S/C25H16ClF7N2O2/c1-35-19(11-21(34-35)25(31,32)33)16-7-9-20(37-12-13-2-5-15(26)6-3-13)22(23(16)36)14-4-8-18(27)17(10-14)24(28,29)30/h2-11,36H,12H2,1H3. The Morgan fingerprint density at radius 3 is 2.19 bits per heavy atom. The van der Waals surface area contributed by atoms with Gasteiger partial charge in [0.2, 0.25) is 0 Å². The van der Waals surface area contributed by atoms with Gasteiger partial charge in [0.25, 0.3) is 0 Å². The van der Waals surface area contributed by atoms with E-state index in [1.807, 2.05) is 0 Å². The highest BCUT2D eigenvalue weighted by molar-refractivity contribution is 6.30. The quantitative estimate of drug-likeness (QED) is 0.260. The predicted octanol–water partition coefficient (Wildman–Crippen LogP) is 7.87. The van der Waals surface area contributed by atoms with E-state index in [1.165, 1.54) is 19.2 Å². The number of aromatic nitrogens is 2. The van der Waals surface area contributed by atoms with E-state index in [1.54, 1.807) is 24.3 Å². The van der Waals surface area contributed by atoms with Gasteiger partial charge < -0.3 is 9.84 Å². The molecule has 0 bridgehead atoms. The SMILES string of the molecule is Cn1nc(C(F)(F)F)cc1-c1ccc(OCc2ccc(Cl)cc2)c(-c2ccc(F)c(C(F)(F)F)c2)c1O. The first-order chi connectivity index (χ1) is 17.3. The first kappa shape index (κ1) is 26.3. The zero-order chi connectivity index (χ0) is 27.1. The number of hydrogen-bond donors (Lipinski definition) is 1. The summed E-state index contributed by atoms with van der Waals surface area (Å²) in [5.74, 6) is -2.30. The van der Waals surface area contributed by atoms with Crippen molar-refractivity contribution in [3.63, 3.8) is 0 Å². The molecule has 0 fully saturated rings. The van der Waals surface area contributed by atoms with E-state index >= 15 is 0 Å². The van der Waals surface area contributed by atoms with E-state index in [9.17, 15) is 35.8 Å². The third-order valence-electron chi connectivity index (χ3n) is 5.45. The van der Waals surface area contributed by atoms with Gasteiger partial charge in [-0.25, -0.2) is 4.39 Å². The molecule has 0 aliphatic heterocycles. The van der Waals surface area contributed by atoms with Crippen LogP contribution in [0.25, 0.3) is 22.4 Å². The van der Waals surface area contributed by atoms with Crippen molar-refractivity contribution in [1.29, 1.82) is 0 Å².